The Hall–Kier alpha value is -0.440. The van der Waals surface area contributed by atoms with Gasteiger partial charge in [0.1, 0.15) is 0 Å². The first kappa shape index (κ1) is 10.6. The molecule has 74 valence electrons. The summed E-state index contributed by atoms with van der Waals surface area (Å²) in [5.74, 6) is 0. The largest absolute Gasteiger partial charge is 0.195 e. The second-order valence-electron chi connectivity index (χ2n) is 3.87. The van der Waals surface area contributed by atoms with Gasteiger partial charge < -0.3 is 0 Å². The molecule has 0 aliphatic rings. The van der Waals surface area contributed by atoms with Gasteiger partial charge in [0.25, 0.3) is 0 Å². The van der Waals surface area contributed by atoms with E-state index in [0.29, 0.717) is 16.9 Å². The van der Waals surface area contributed by atoms with Crippen molar-refractivity contribution in [2.45, 2.75) is 39.0 Å². The minimum absolute atomic E-state index is 0.250. The smallest absolute Gasteiger partial charge is 0.182 e. The van der Waals surface area contributed by atoms with E-state index in [9.17, 15) is 8.78 Å². The first-order chi connectivity index (χ1) is 5.97. The monoisotopic (exact) mass is 204 g/mol. The summed E-state index contributed by atoms with van der Waals surface area (Å²) in [6.45, 7) is 5.94. The first-order valence-corrected chi connectivity index (χ1v) is 5.24. The fraction of sp³-hybridized carbons (Fsp3) is 0.600. The van der Waals surface area contributed by atoms with Crippen LogP contribution in [0.1, 0.15) is 39.2 Å². The molecule has 0 aliphatic carbocycles. The van der Waals surface area contributed by atoms with Gasteiger partial charge in [0.15, 0.2) is 10.3 Å². The molecule has 13 heavy (non-hydrogen) atoms. The highest BCUT2D eigenvalue weighted by atomic mass is 32.1. The van der Waals surface area contributed by atoms with Crippen molar-refractivity contribution in [3.05, 3.63) is 21.9 Å². The molecule has 0 N–H and O–H groups in total. The van der Waals surface area contributed by atoms with Crippen molar-refractivity contribution in [1.82, 2.24) is 0 Å². The summed E-state index contributed by atoms with van der Waals surface area (Å²) >= 11 is 0.589. The fourth-order valence-corrected chi connectivity index (χ4v) is 2.35. The van der Waals surface area contributed by atoms with Crippen molar-refractivity contribution in [3.8, 4) is 0 Å². The van der Waals surface area contributed by atoms with Crippen LogP contribution in [0.5, 0.6) is 0 Å². The minimum Gasteiger partial charge on any atom is -0.195 e. The maximum Gasteiger partial charge on any atom is 0.182 e. The van der Waals surface area contributed by atoms with Gasteiger partial charge in [-0.2, -0.15) is 8.78 Å². The van der Waals surface area contributed by atoms with Gasteiger partial charge in [-0.1, -0.05) is 38.5 Å². The Bertz CT molecular complexity index is 289. The van der Waals surface area contributed by atoms with E-state index in [2.05, 4.69) is 0 Å². The molecule has 0 unspecified atom stereocenters. The van der Waals surface area contributed by atoms with Crippen LogP contribution < -0.4 is 0 Å². The molecule has 0 amide bonds. The summed E-state index contributed by atoms with van der Waals surface area (Å²) in [4.78, 5) is 0. The van der Waals surface area contributed by atoms with E-state index < -0.39 is 5.13 Å². The van der Waals surface area contributed by atoms with Crippen LogP contribution in [0, 0.1) is 10.3 Å². The highest BCUT2D eigenvalue weighted by molar-refractivity contribution is 7.08. The predicted molar refractivity (Wildman–Crippen MR) is 52.2 cm³/mol. The van der Waals surface area contributed by atoms with Gasteiger partial charge in [-0.3, -0.25) is 0 Å². The second-order valence-corrected chi connectivity index (χ2v) is 4.82. The Kier molecular flexibility index (Phi) is 3.06. The summed E-state index contributed by atoms with van der Waals surface area (Å²) in [5.41, 5.74) is 0.261. The quantitative estimate of drug-likeness (QED) is 0.695. The summed E-state index contributed by atoms with van der Waals surface area (Å²) in [7, 11) is 0. The molecule has 0 saturated carbocycles. The number of hydrogen-bond donors (Lipinski definition) is 0. The molecule has 0 atom stereocenters. The van der Waals surface area contributed by atoms with Crippen molar-refractivity contribution < 1.29 is 8.78 Å². The third-order valence-electron chi connectivity index (χ3n) is 2.26. The van der Waals surface area contributed by atoms with Gasteiger partial charge in [-0.15, -0.1) is 0 Å². The first-order valence-electron chi connectivity index (χ1n) is 4.42. The maximum absolute atomic E-state index is 13.2. The number of rotatable bonds is 3. The van der Waals surface area contributed by atoms with Crippen LogP contribution in [0.4, 0.5) is 8.78 Å². The molecule has 0 aromatic carbocycles. The van der Waals surface area contributed by atoms with E-state index in [4.69, 9.17) is 0 Å². The van der Waals surface area contributed by atoms with Gasteiger partial charge in [-0.05, 0) is 17.9 Å². The molecule has 0 spiro atoms. The van der Waals surface area contributed by atoms with Crippen molar-refractivity contribution in [3.63, 3.8) is 0 Å². The van der Waals surface area contributed by atoms with Gasteiger partial charge in [0.05, 0.1) is 0 Å². The second kappa shape index (κ2) is 3.74. The van der Waals surface area contributed by atoms with Crippen molar-refractivity contribution >= 4 is 11.3 Å². The number of halogens is 2. The molecular formula is C10H14F2S. The highest BCUT2D eigenvalue weighted by Gasteiger charge is 2.25. The zero-order valence-corrected chi connectivity index (χ0v) is 8.97. The van der Waals surface area contributed by atoms with E-state index in [1.807, 2.05) is 20.8 Å². The standard InChI is InChI=1S/C10H14F2S/c1-4-5-10(2,3)7-6-8(11)13-9(7)12/h6H,4-5H2,1-3H3. The summed E-state index contributed by atoms with van der Waals surface area (Å²) in [6.07, 6.45) is 1.85. The van der Waals surface area contributed by atoms with Crippen molar-refractivity contribution in [2.75, 3.05) is 0 Å². The Balaban J connectivity index is 2.98. The Labute approximate surface area is 81.6 Å². The van der Waals surface area contributed by atoms with Gasteiger partial charge in [-0.25, -0.2) is 0 Å². The Morgan fingerprint density at radius 1 is 1.38 bits per heavy atom. The molecule has 1 aromatic rings. The zero-order valence-electron chi connectivity index (χ0n) is 8.16. The third-order valence-corrected chi connectivity index (χ3v) is 2.97. The van der Waals surface area contributed by atoms with Gasteiger partial charge in [0, 0.05) is 5.56 Å². The molecule has 0 bridgehead atoms. The minimum atomic E-state index is -0.434. The highest BCUT2D eigenvalue weighted by Crippen LogP contribution is 2.34. The molecule has 1 aromatic heterocycles. The lowest BCUT2D eigenvalue weighted by Crippen LogP contribution is -2.16. The fourth-order valence-electron chi connectivity index (χ4n) is 1.56. The van der Waals surface area contributed by atoms with Crippen LogP contribution in [0.25, 0.3) is 0 Å². The lowest BCUT2D eigenvalue weighted by atomic mass is 9.82. The normalized spacial score (nSPS) is 12.1. The van der Waals surface area contributed by atoms with Crippen LogP contribution in [0.2, 0.25) is 0 Å². The zero-order chi connectivity index (χ0) is 10.1. The van der Waals surface area contributed by atoms with E-state index >= 15 is 0 Å². The lowest BCUT2D eigenvalue weighted by Gasteiger charge is -2.22. The summed E-state index contributed by atoms with van der Waals surface area (Å²) < 4.78 is 25.9. The summed E-state index contributed by atoms with van der Waals surface area (Å²) in [6, 6.07) is 1.32. The number of thiophene rings is 1. The molecule has 1 rings (SSSR count). The average Bonchev–Trinajstić information content (AvgIpc) is 2.30. The van der Waals surface area contributed by atoms with Crippen molar-refractivity contribution in [2.24, 2.45) is 0 Å². The van der Waals surface area contributed by atoms with E-state index in [-0.39, 0.29) is 10.5 Å². The van der Waals surface area contributed by atoms with Gasteiger partial charge in [0.2, 0.25) is 0 Å². The van der Waals surface area contributed by atoms with Crippen LogP contribution in [-0.2, 0) is 5.41 Å². The van der Waals surface area contributed by atoms with E-state index in [0.717, 1.165) is 12.8 Å². The van der Waals surface area contributed by atoms with E-state index in [1.165, 1.54) is 6.07 Å². The summed E-state index contributed by atoms with van der Waals surface area (Å²) in [5, 5.41) is -0.812. The molecule has 0 fully saturated rings. The van der Waals surface area contributed by atoms with Crippen LogP contribution in [0.3, 0.4) is 0 Å². The SMILES string of the molecule is CCCC(C)(C)c1cc(F)sc1F. The number of hydrogen-bond acceptors (Lipinski definition) is 1. The van der Waals surface area contributed by atoms with Crippen molar-refractivity contribution in [1.29, 1.82) is 0 Å². The Morgan fingerprint density at radius 2 is 2.00 bits per heavy atom. The molecule has 0 nitrogen and oxygen atoms in total. The average molecular weight is 204 g/mol. The van der Waals surface area contributed by atoms with Crippen LogP contribution >= 0.6 is 11.3 Å². The third kappa shape index (κ3) is 2.27. The molecule has 0 saturated heterocycles. The predicted octanol–water partition coefficient (Wildman–Crippen LogP) is 4.10. The lowest BCUT2D eigenvalue weighted by molar-refractivity contribution is 0.451. The molecule has 0 radical (unpaired) electrons. The molecule has 1 heterocycles. The van der Waals surface area contributed by atoms with E-state index in [1.54, 1.807) is 0 Å². The van der Waals surface area contributed by atoms with Gasteiger partial charge >= 0.3 is 0 Å². The van der Waals surface area contributed by atoms with Crippen LogP contribution in [0.15, 0.2) is 6.07 Å². The molecule has 0 aliphatic heterocycles. The topological polar surface area (TPSA) is 0 Å². The maximum atomic E-state index is 13.2. The molecular weight excluding hydrogens is 190 g/mol. The van der Waals surface area contributed by atoms with Crippen LogP contribution in [-0.4, -0.2) is 0 Å². The Morgan fingerprint density at radius 3 is 2.38 bits per heavy atom. The molecule has 3 heteroatoms.